The Balaban J connectivity index is 1.53. The fourth-order valence-corrected chi connectivity index (χ4v) is 4.85. The first-order chi connectivity index (χ1) is 14.8. The van der Waals surface area contributed by atoms with Crippen molar-refractivity contribution < 1.29 is 0 Å². The van der Waals surface area contributed by atoms with Crippen LogP contribution in [0.5, 0.6) is 0 Å². The lowest BCUT2D eigenvalue weighted by molar-refractivity contribution is 0.407. The van der Waals surface area contributed by atoms with Gasteiger partial charge in [0.05, 0.1) is 27.8 Å². The first-order valence-electron chi connectivity index (χ1n) is 10.6. The summed E-state index contributed by atoms with van der Waals surface area (Å²) in [6.45, 7) is 10.3. The van der Waals surface area contributed by atoms with Gasteiger partial charge < -0.3 is 15.5 Å². The van der Waals surface area contributed by atoms with Crippen LogP contribution in [0.1, 0.15) is 25.1 Å². The summed E-state index contributed by atoms with van der Waals surface area (Å²) in [5, 5.41) is 17.9. The van der Waals surface area contributed by atoms with Gasteiger partial charge in [-0.15, -0.1) is 5.10 Å². The van der Waals surface area contributed by atoms with Crippen molar-refractivity contribution in [1.29, 1.82) is 0 Å². The molecule has 0 radical (unpaired) electrons. The molecular formula is C22H27ClN8. The number of nitrogens with one attached hydrogen (secondary N) is 2. The first kappa shape index (κ1) is 20.1. The van der Waals surface area contributed by atoms with Gasteiger partial charge in [-0.2, -0.15) is 5.10 Å². The predicted octanol–water partition coefficient (Wildman–Crippen LogP) is 3.82. The summed E-state index contributed by atoms with van der Waals surface area (Å²) >= 11 is 6.80. The molecule has 1 aliphatic rings. The largest absolute Gasteiger partial charge is 0.368 e. The number of aryl methyl sites for hydroxylation is 3. The summed E-state index contributed by atoms with van der Waals surface area (Å²) in [5.74, 6) is 1.39. The maximum absolute atomic E-state index is 6.80. The Morgan fingerprint density at radius 1 is 1.10 bits per heavy atom. The van der Waals surface area contributed by atoms with Crippen LogP contribution in [-0.2, 0) is 7.05 Å². The van der Waals surface area contributed by atoms with Gasteiger partial charge in [-0.05, 0) is 51.5 Å². The molecule has 0 spiro atoms. The molecule has 1 saturated heterocycles. The lowest BCUT2D eigenvalue weighted by atomic mass is 10.1. The number of halogens is 1. The molecule has 1 aromatic carbocycles. The van der Waals surface area contributed by atoms with E-state index >= 15 is 0 Å². The molecule has 9 heteroatoms. The van der Waals surface area contributed by atoms with Gasteiger partial charge in [0.25, 0.3) is 0 Å². The number of aromatic nitrogens is 5. The van der Waals surface area contributed by atoms with Crippen LogP contribution in [0.4, 0.5) is 17.3 Å². The minimum atomic E-state index is 0.429. The minimum absolute atomic E-state index is 0.429. The molecule has 4 aromatic rings. The summed E-state index contributed by atoms with van der Waals surface area (Å²) in [6, 6.07) is 7.05. The van der Waals surface area contributed by atoms with E-state index in [-0.39, 0.29) is 0 Å². The van der Waals surface area contributed by atoms with Crippen molar-refractivity contribution in [2.75, 3.05) is 23.3 Å². The van der Waals surface area contributed by atoms with Crippen molar-refractivity contribution in [3.63, 3.8) is 0 Å². The third-order valence-corrected chi connectivity index (χ3v) is 6.09. The quantitative estimate of drug-likeness (QED) is 0.506. The van der Waals surface area contributed by atoms with E-state index in [1.807, 2.05) is 43.9 Å². The van der Waals surface area contributed by atoms with Crippen LogP contribution in [0.3, 0.4) is 0 Å². The Morgan fingerprint density at radius 2 is 1.84 bits per heavy atom. The third-order valence-electron chi connectivity index (χ3n) is 5.79. The number of anilines is 3. The highest BCUT2D eigenvalue weighted by Gasteiger charge is 2.23. The van der Waals surface area contributed by atoms with Gasteiger partial charge in [0, 0.05) is 37.9 Å². The fourth-order valence-electron chi connectivity index (χ4n) is 4.56. The lowest BCUT2D eigenvalue weighted by Gasteiger charge is -2.37. The Labute approximate surface area is 186 Å². The molecular weight excluding hydrogens is 412 g/mol. The number of piperazine rings is 1. The van der Waals surface area contributed by atoms with Gasteiger partial charge in [0.15, 0.2) is 17.3 Å². The van der Waals surface area contributed by atoms with Crippen LogP contribution in [0, 0.1) is 13.8 Å². The molecule has 162 valence electrons. The van der Waals surface area contributed by atoms with Crippen molar-refractivity contribution in [2.24, 2.45) is 7.05 Å². The zero-order valence-electron chi connectivity index (χ0n) is 18.4. The number of hydrogen-bond acceptors (Lipinski definition) is 6. The summed E-state index contributed by atoms with van der Waals surface area (Å²) < 4.78 is 3.67. The SMILES string of the molecule is Cc1cn2nc(Nc3nn(C)c4cc(N5C[C@@H](C)N[C@@H](C)C5)cc(Cl)c34)cc(C)c2n1. The second-order valence-corrected chi connectivity index (χ2v) is 9.06. The summed E-state index contributed by atoms with van der Waals surface area (Å²) in [7, 11) is 1.94. The van der Waals surface area contributed by atoms with E-state index in [0.717, 1.165) is 46.6 Å². The molecule has 1 fully saturated rings. The number of hydrogen-bond donors (Lipinski definition) is 2. The Kier molecular flexibility index (Phi) is 4.79. The molecule has 0 saturated carbocycles. The van der Waals surface area contributed by atoms with E-state index in [0.29, 0.717) is 28.7 Å². The van der Waals surface area contributed by atoms with Gasteiger partial charge in [-0.25, -0.2) is 9.50 Å². The van der Waals surface area contributed by atoms with Crippen molar-refractivity contribution in [3.8, 4) is 0 Å². The van der Waals surface area contributed by atoms with Gasteiger partial charge in [-0.1, -0.05) is 11.6 Å². The number of imidazole rings is 1. The maximum atomic E-state index is 6.80. The molecule has 0 amide bonds. The average molecular weight is 439 g/mol. The Hall–Kier alpha value is -2.84. The number of nitrogens with zero attached hydrogens (tertiary/aromatic N) is 6. The van der Waals surface area contributed by atoms with Crippen LogP contribution >= 0.6 is 11.6 Å². The summed E-state index contributed by atoms with van der Waals surface area (Å²) in [5.41, 5.74) is 4.94. The second kappa shape index (κ2) is 7.39. The van der Waals surface area contributed by atoms with Crippen LogP contribution in [0.25, 0.3) is 16.6 Å². The van der Waals surface area contributed by atoms with E-state index < -0.39 is 0 Å². The average Bonchev–Trinajstić information content (AvgIpc) is 3.21. The normalized spacial score (nSPS) is 19.5. The zero-order chi connectivity index (χ0) is 21.9. The highest BCUT2D eigenvalue weighted by molar-refractivity contribution is 6.37. The van der Waals surface area contributed by atoms with Crippen LogP contribution in [0.15, 0.2) is 24.4 Å². The number of fused-ring (bicyclic) bond motifs is 2. The molecule has 2 atom stereocenters. The minimum Gasteiger partial charge on any atom is -0.368 e. The standard InChI is InChI=1S/C22H27ClN8/c1-12-6-19(27-31-11-15(4)25-22(12)31)26-21-20-17(23)7-16(8-18(20)29(5)28-21)30-9-13(2)24-14(3)10-30/h6-8,11,13-14,24H,9-10H2,1-5H3,(H,26,27,28)/t13-,14+. The molecule has 3 aromatic heterocycles. The molecule has 2 N–H and O–H groups in total. The highest BCUT2D eigenvalue weighted by atomic mass is 35.5. The van der Waals surface area contributed by atoms with E-state index in [2.05, 4.69) is 45.5 Å². The number of rotatable bonds is 3. The Bertz CT molecular complexity index is 1280. The van der Waals surface area contributed by atoms with Crippen molar-refractivity contribution in [2.45, 2.75) is 39.8 Å². The molecule has 1 aliphatic heterocycles. The van der Waals surface area contributed by atoms with Gasteiger partial charge in [0.1, 0.15) is 0 Å². The van der Waals surface area contributed by atoms with E-state index in [1.165, 1.54) is 0 Å². The topological polar surface area (TPSA) is 75.3 Å². The Morgan fingerprint density at radius 3 is 2.58 bits per heavy atom. The number of benzene rings is 1. The molecule has 0 aliphatic carbocycles. The first-order valence-corrected chi connectivity index (χ1v) is 10.9. The van der Waals surface area contributed by atoms with Gasteiger partial charge in [0.2, 0.25) is 0 Å². The van der Waals surface area contributed by atoms with Crippen LogP contribution < -0.4 is 15.5 Å². The molecule has 4 heterocycles. The molecule has 0 unspecified atom stereocenters. The van der Waals surface area contributed by atoms with E-state index in [4.69, 9.17) is 16.7 Å². The summed E-state index contributed by atoms with van der Waals surface area (Å²) in [4.78, 5) is 6.90. The molecule has 0 bridgehead atoms. The van der Waals surface area contributed by atoms with Crippen LogP contribution in [0.2, 0.25) is 5.02 Å². The maximum Gasteiger partial charge on any atom is 0.163 e. The molecule has 8 nitrogen and oxygen atoms in total. The zero-order valence-corrected chi connectivity index (χ0v) is 19.2. The van der Waals surface area contributed by atoms with Crippen molar-refractivity contribution in [1.82, 2.24) is 29.7 Å². The lowest BCUT2D eigenvalue weighted by Crippen LogP contribution is -2.54. The predicted molar refractivity (Wildman–Crippen MR) is 126 cm³/mol. The molecule has 31 heavy (non-hydrogen) atoms. The smallest absolute Gasteiger partial charge is 0.163 e. The van der Waals surface area contributed by atoms with E-state index in [9.17, 15) is 0 Å². The third kappa shape index (κ3) is 3.59. The summed E-state index contributed by atoms with van der Waals surface area (Å²) in [6.07, 6.45) is 1.92. The van der Waals surface area contributed by atoms with Crippen LogP contribution in [-0.4, -0.2) is 49.6 Å². The van der Waals surface area contributed by atoms with Gasteiger partial charge in [-0.3, -0.25) is 4.68 Å². The second-order valence-electron chi connectivity index (χ2n) is 8.66. The van der Waals surface area contributed by atoms with E-state index in [1.54, 1.807) is 4.52 Å². The van der Waals surface area contributed by atoms with Crippen molar-refractivity contribution >= 4 is 45.5 Å². The fraction of sp³-hybridized carbons (Fsp3) is 0.409. The highest BCUT2D eigenvalue weighted by Crippen LogP contribution is 2.36. The van der Waals surface area contributed by atoms with Crippen molar-refractivity contribution in [3.05, 3.63) is 40.7 Å². The molecule has 5 rings (SSSR count). The van der Waals surface area contributed by atoms with Gasteiger partial charge >= 0.3 is 0 Å². The monoisotopic (exact) mass is 438 g/mol.